The van der Waals surface area contributed by atoms with Crippen molar-refractivity contribution < 1.29 is 33.0 Å². The molecule has 0 fully saturated rings. The van der Waals surface area contributed by atoms with E-state index in [0.717, 1.165) is 0 Å². The molecule has 30 heavy (non-hydrogen) atoms. The minimum absolute atomic E-state index is 0.0111. The smallest absolute Gasteiger partial charge is 0.346 e. The van der Waals surface area contributed by atoms with E-state index in [1.54, 1.807) is 44.2 Å². The van der Waals surface area contributed by atoms with Crippen molar-refractivity contribution in [3.63, 3.8) is 0 Å². The van der Waals surface area contributed by atoms with Crippen molar-refractivity contribution in [2.75, 3.05) is 13.7 Å². The van der Waals surface area contributed by atoms with Crippen molar-refractivity contribution in [1.29, 1.82) is 0 Å². The molecule has 0 unspecified atom stereocenters. The number of fused-ring (bicyclic) bond motifs is 1. The first-order valence-corrected chi connectivity index (χ1v) is 9.18. The predicted molar refractivity (Wildman–Crippen MR) is 107 cm³/mol. The van der Waals surface area contributed by atoms with Gasteiger partial charge >= 0.3 is 11.9 Å². The highest BCUT2D eigenvalue weighted by atomic mass is 16.6. The number of methoxy groups -OCH3 is 1. The summed E-state index contributed by atoms with van der Waals surface area (Å²) in [6.45, 7) is 3.56. The Hall–Kier alpha value is -3.81. The molecule has 0 saturated heterocycles. The molecule has 0 bridgehead atoms. The van der Waals surface area contributed by atoms with E-state index < -0.39 is 18.0 Å². The first-order chi connectivity index (χ1) is 14.4. The van der Waals surface area contributed by atoms with Crippen LogP contribution in [0.1, 0.15) is 24.2 Å². The molecule has 0 aliphatic rings. The molecule has 0 saturated carbocycles. The third-order valence-corrected chi connectivity index (χ3v) is 4.15. The maximum absolute atomic E-state index is 12.7. The van der Waals surface area contributed by atoms with Crippen LogP contribution in [0, 0.1) is 0 Å². The van der Waals surface area contributed by atoms with Gasteiger partial charge in [-0.05, 0) is 50.2 Å². The zero-order chi connectivity index (χ0) is 21.7. The fourth-order valence-electron chi connectivity index (χ4n) is 2.65. The quantitative estimate of drug-likeness (QED) is 0.542. The number of carbonyl (C=O) groups is 2. The third-order valence-electron chi connectivity index (χ3n) is 4.15. The summed E-state index contributed by atoms with van der Waals surface area (Å²) in [4.78, 5) is 35.9. The normalized spacial score (nSPS) is 11.6. The van der Waals surface area contributed by atoms with Crippen molar-refractivity contribution in [3.05, 3.63) is 64.5 Å². The average molecular weight is 412 g/mol. The van der Waals surface area contributed by atoms with Crippen LogP contribution in [-0.2, 0) is 14.3 Å². The highest BCUT2D eigenvalue weighted by Crippen LogP contribution is 2.25. The maximum Gasteiger partial charge on any atom is 0.346 e. The van der Waals surface area contributed by atoms with E-state index in [2.05, 4.69) is 4.74 Å². The van der Waals surface area contributed by atoms with E-state index in [4.69, 9.17) is 18.6 Å². The van der Waals surface area contributed by atoms with Gasteiger partial charge < -0.3 is 23.4 Å². The molecule has 1 atom stereocenters. The molecule has 0 radical (unpaired) electrons. The SMILES string of the molecule is CCOC(=O)c1ccc(Oc2coc3cc(O[C@H](C)C(=O)OC)ccc3c2=O)cc1. The van der Waals surface area contributed by atoms with E-state index in [1.807, 2.05) is 0 Å². The van der Waals surface area contributed by atoms with Gasteiger partial charge in [0.15, 0.2) is 6.10 Å². The molecule has 0 spiro atoms. The van der Waals surface area contributed by atoms with E-state index in [0.29, 0.717) is 17.1 Å². The Bertz CT molecular complexity index is 1110. The second kappa shape index (κ2) is 9.13. The number of carbonyl (C=O) groups excluding carboxylic acids is 2. The van der Waals surface area contributed by atoms with Gasteiger partial charge in [0.2, 0.25) is 11.2 Å². The molecule has 3 rings (SSSR count). The first kappa shape index (κ1) is 20.9. The van der Waals surface area contributed by atoms with Crippen LogP contribution in [0.3, 0.4) is 0 Å². The van der Waals surface area contributed by atoms with E-state index in [-0.39, 0.29) is 28.8 Å². The Morgan fingerprint density at radius 3 is 2.43 bits per heavy atom. The molecule has 1 aromatic heterocycles. The van der Waals surface area contributed by atoms with Crippen molar-refractivity contribution >= 4 is 22.9 Å². The molecule has 156 valence electrons. The van der Waals surface area contributed by atoms with E-state index in [9.17, 15) is 14.4 Å². The number of benzene rings is 2. The fraction of sp³-hybridized carbons (Fsp3) is 0.227. The van der Waals surface area contributed by atoms with Gasteiger partial charge in [-0.3, -0.25) is 4.79 Å². The zero-order valence-corrected chi connectivity index (χ0v) is 16.7. The summed E-state index contributed by atoms with van der Waals surface area (Å²) in [6, 6.07) is 10.8. The number of hydrogen-bond acceptors (Lipinski definition) is 8. The van der Waals surface area contributed by atoms with Crippen molar-refractivity contribution in [3.8, 4) is 17.2 Å². The van der Waals surface area contributed by atoms with Crippen LogP contribution in [-0.4, -0.2) is 31.8 Å². The van der Waals surface area contributed by atoms with Crippen LogP contribution in [0.4, 0.5) is 0 Å². The predicted octanol–water partition coefficient (Wildman–Crippen LogP) is 3.70. The minimum atomic E-state index is -0.806. The largest absolute Gasteiger partial charge is 0.479 e. The summed E-state index contributed by atoms with van der Waals surface area (Å²) >= 11 is 0. The molecule has 8 nitrogen and oxygen atoms in total. The number of esters is 2. The Morgan fingerprint density at radius 1 is 1.07 bits per heavy atom. The first-order valence-electron chi connectivity index (χ1n) is 9.18. The highest BCUT2D eigenvalue weighted by Gasteiger charge is 2.16. The van der Waals surface area contributed by atoms with Crippen molar-refractivity contribution in [2.45, 2.75) is 20.0 Å². The molecule has 0 aliphatic heterocycles. The number of ether oxygens (including phenoxy) is 4. The topological polar surface area (TPSA) is 101 Å². The van der Waals surface area contributed by atoms with Gasteiger partial charge in [-0.25, -0.2) is 9.59 Å². The number of rotatable bonds is 7. The van der Waals surface area contributed by atoms with Gasteiger partial charge in [-0.15, -0.1) is 0 Å². The lowest BCUT2D eigenvalue weighted by Crippen LogP contribution is -2.24. The van der Waals surface area contributed by atoms with E-state index >= 15 is 0 Å². The molecular formula is C22H20O8. The standard InChI is InChI=1S/C22H20O8/c1-4-27-22(25)14-5-7-15(8-6-14)30-19-12-28-18-11-16(9-10-17(18)20(19)23)29-13(2)21(24)26-3/h5-13H,4H2,1-3H3/t13-/m1/s1. The summed E-state index contributed by atoms with van der Waals surface area (Å²) in [5.74, 6) is -0.251. The Balaban J connectivity index is 1.80. The van der Waals surface area contributed by atoms with Crippen LogP contribution >= 0.6 is 0 Å². The zero-order valence-electron chi connectivity index (χ0n) is 16.7. The van der Waals surface area contributed by atoms with Crippen molar-refractivity contribution in [1.82, 2.24) is 0 Å². The monoisotopic (exact) mass is 412 g/mol. The molecule has 0 amide bonds. The van der Waals surface area contributed by atoms with Gasteiger partial charge in [-0.1, -0.05) is 0 Å². The summed E-state index contributed by atoms with van der Waals surface area (Å²) in [7, 11) is 1.27. The Kier molecular flexibility index (Phi) is 6.36. The summed E-state index contributed by atoms with van der Waals surface area (Å²) in [5, 5.41) is 0.286. The lowest BCUT2D eigenvalue weighted by atomic mass is 10.2. The summed E-state index contributed by atoms with van der Waals surface area (Å²) in [6.07, 6.45) is 0.386. The van der Waals surface area contributed by atoms with Crippen molar-refractivity contribution in [2.24, 2.45) is 0 Å². The van der Waals surface area contributed by atoms with Gasteiger partial charge in [0.1, 0.15) is 23.3 Å². The molecule has 2 aromatic carbocycles. The fourth-order valence-corrected chi connectivity index (χ4v) is 2.65. The van der Waals surface area contributed by atoms with E-state index in [1.165, 1.54) is 25.5 Å². The summed E-state index contributed by atoms with van der Waals surface area (Å²) < 4.78 is 26.1. The molecular weight excluding hydrogens is 392 g/mol. The van der Waals surface area contributed by atoms with Gasteiger partial charge in [-0.2, -0.15) is 0 Å². The average Bonchev–Trinajstić information content (AvgIpc) is 2.75. The highest BCUT2D eigenvalue weighted by molar-refractivity contribution is 5.89. The lowest BCUT2D eigenvalue weighted by molar-refractivity contribution is -0.147. The molecule has 3 aromatic rings. The van der Waals surface area contributed by atoms with Gasteiger partial charge in [0.25, 0.3) is 0 Å². The Labute approximate surface area is 171 Å². The summed E-state index contributed by atoms with van der Waals surface area (Å²) in [5.41, 5.74) is 0.279. The Morgan fingerprint density at radius 2 is 1.77 bits per heavy atom. The van der Waals surface area contributed by atoms with Crippen LogP contribution in [0.25, 0.3) is 11.0 Å². The molecule has 1 heterocycles. The minimum Gasteiger partial charge on any atom is -0.479 e. The molecule has 0 aliphatic carbocycles. The van der Waals surface area contributed by atoms with Crippen LogP contribution in [0.5, 0.6) is 17.2 Å². The third kappa shape index (κ3) is 4.60. The van der Waals surface area contributed by atoms with Crippen LogP contribution < -0.4 is 14.9 Å². The second-order valence-electron chi connectivity index (χ2n) is 6.22. The molecule has 0 N–H and O–H groups in total. The van der Waals surface area contributed by atoms with Crippen LogP contribution in [0.2, 0.25) is 0 Å². The van der Waals surface area contributed by atoms with Crippen LogP contribution in [0.15, 0.2) is 57.9 Å². The lowest BCUT2D eigenvalue weighted by Gasteiger charge is -2.12. The molecule has 8 heteroatoms. The van der Waals surface area contributed by atoms with Gasteiger partial charge in [0.05, 0.1) is 24.7 Å². The maximum atomic E-state index is 12.7. The second-order valence-corrected chi connectivity index (χ2v) is 6.22. The van der Waals surface area contributed by atoms with Gasteiger partial charge in [0, 0.05) is 6.07 Å². The number of hydrogen-bond donors (Lipinski definition) is 0.